The summed E-state index contributed by atoms with van der Waals surface area (Å²) in [6.45, 7) is 7.72. The fourth-order valence-electron chi connectivity index (χ4n) is 4.73. The second-order valence-electron chi connectivity index (χ2n) is 8.83. The number of aromatic hydroxyl groups is 1. The van der Waals surface area contributed by atoms with Gasteiger partial charge in [-0.1, -0.05) is 26.8 Å². The number of rotatable bonds is 3. The molecule has 1 aromatic rings. The van der Waals surface area contributed by atoms with Gasteiger partial charge >= 0.3 is 6.03 Å². The number of amides is 4. The average Bonchev–Trinajstić information content (AvgIpc) is 2.72. The van der Waals surface area contributed by atoms with Crippen molar-refractivity contribution in [2.24, 2.45) is 11.3 Å². The number of aryl methyl sites for hydroxylation is 1. The summed E-state index contributed by atoms with van der Waals surface area (Å²) in [4.78, 5) is 38.8. The first-order valence-corrected chi connectivity index (χ1v) is 9.25. The lowest BCUT2D eigenvalue weighted by Gasteiger charge is -2.43. The van der Waals surface area contributed by atoms with Crippen LogP contribution >= 0.6 is 0 Å². The number of nitrogens with zero attached hydrogens (tertiary/aromatic N) is 1. The van der Waals surface area contributed by atoms with E-state index in [1.807, 2.05) is 6.92 Å². The lowest BCUT2D eigenvalue weighted by molar-refractivity contribution is -0.136. The number of phenols is 1. The molecule has 3 N–H and O–H groups in total. The maximum Gasteiger partial charge on any atom is 0.325 e. The maximum atomic E-state index is 13.0. The maximum absolute atomic E-state index is 13.0. The molecular formula is C20H27N3O4. The summed E-state index contributed by atoms with van der Waals surface area (Å²) in [6, 6.07) is 4.34. The van der Waals surface area contributed by atoms with E-state index in [0.29, 0.717) is 18.8 Å². The van der Waals surface area contributed by atoms with Crippen LogP contribution in [0.25, 0.3) is 0 Å². The third kappa shape index (κ3) is 3.77. The SMILES string of the molecule is Cc1ccc(NC(=O)CN2C(=O)N[C@]3(C[C@H](C)CC(C)(C)C3)C2=O)c(O)c1. The minimum absolute atomic E-state index is 0.0557. The van der Waals surface area contributed by atoms with Crippen LogP contribution in [0.5, 0.6) is 5.75 Å². The fraction of sp³-hybridized carbons (Fsp3) is 0.550. The number of benzene rings is 1. The predicted octanol–water partition coefficient (Wildman–Crippen LogP) is 2.78. The molecule has 27 heavy (non-hydrogen) atoms. The Kier molecular flexibility index (Phi) is 4.66. The highest BCUT2D eigenvalue weighted by atomic mass is 16.3. The van der Waals surface area contributed by atoms with Gasteiger partial charge in [0.05, 0.1) is 5.69 Å². The number of carbonyl (C=O) groups excluding carboxylic acids is 3. The lowest BCUT2D eigenvalue weighted by Crippen LogP contribution is -2.54. The highest BCUT2D eigenvalue weighted by molar-refractivity contribution is 6.10. The molecule has 1 saturated heterocycles. The van der Waals surface area contributed by atoms with Gasteiger partial charge in [-0.05, 0) is 55.2 Å². The molecule has 1 aliphatic carbocycles. The number of imide groups is 1. The fourth-order valence-corrected chi connectivity index (χ4v) is 4.73. The van der Waals surface area contributed by atoms with E-state index in [1.165, 1.54) is 6.07 Å². The first kappa shape index (κ1) is 19.2. The molecule has 0 radical (unpaired) electrons. The Morgan fingerprint density at radius 2 is 2.04 bits per heavy atom. The van der Waals surface area contributed by atoms with Gasteiger partial charge in [0.25, 0.3) is 5.91 Å². The molecule has 0 aromatic heterocycles. The number of hydrogen-bond acceptors (Lipinski definition) is 4. The number of hydrogen-bond donors (Lipinski definition) is 3. The van der Waals surface area contributed by atoms with Crippen molar-refractivity contribution in [3.8, 4) is 5.75 Å². The van der Waals surface area contributed by atoms with Crippen LogP contribution in [0.2, 0.25) is 0 Å². The molecular weight excluding hydrogens is 346 g/mol. The molecule has 1 aliphatic heterocycles. The highest BCUT2D eigenvalue weighted by Gasteiger charge is 2.56. The van der Waals surface area contributed by atoms with E-state index in [0.717, 1.165) is 16.9 Å². The van der Waals surface area contributed by atoms with Gasteiger partial charge in [-0.2, -0.15) is 0 Å². The normalized spacial score (nSPS) is 27.0. The van der Waals surface area contributed by atoms with Crippen LogP contribution in [0, 0.1) is 18.3 Å². The van der Waals surface area contributed by atoms with Crippen molar-refractivity contribution in [3.63, 3.8) is 0 Å². The molecule has 2 atom stereocenters. The summed E-state index contributed by atoms with van der Waals surface area (Å²) < 4.78 is 0. The van der Waals surface area contributed by atoms with Gasteiger partial charge in [0.1, 0.15) is 17.8 Å². The summed E-state index contributed by atoms with van der Waals surface area (Å²) in [5.74, 6) is -0.621. The van der Waals surface area contributed by atoms with Gasteiger partial charge in [-0.15, -0.1) is 0 Å². The summed E-state index contributed by atoms with van der Waals surface area (Å²) in [5, 5.41) is 15.3. The third-order valence-corrected chi connectivity index (χ3v) is 5.35. The smallest absolute Gasteiger partial charge is 0.325 e. The van der Waals surface area contributed by atoms with Crippen LogP contribution in [0.1, 0.15) is 45.6 Å². The van der Waals surface area contributed by atoms with Gasteiger partial charge in [0.15, 0.2) is 0 Å². The van der Waals surface area contributed by atoms with E-state index in [2.05, 4.69) is 31.4 Å². The van der Waals surface area contributed by atoms with Crippen LogP contribution in [0.3, 0.4) is 0 Å². The Morgan fingerprint density at radius 3 is 2.67 bits per heavy atom. The molecule has 146 valence electrons. The molecule has 3 rings (SSSR count). The first-order chi connectivity index (χ1) is 12.5. The minimum Gasteiger partial charge on any atom is -0.506 e. The van der Waals surface area contributed by atoms with E-state index in [9.17, 15) is 19.5 Å². The van der Waals surface area contributed by atoms with Gasteiger partial charge < -0.3 is 15.7 Å². The number of carbonyl (C=O) groups is 3. The van der Waals surface area contributed by atoms with E-state index in [4.69, 9.17) is 0 Å². The number of nitrogens with one attached hydrogen (secondary N) is 2. The molecule has 2 fully saturated rings. The Balaban J connectivity index is 1.73. The molecule has 1 spiro atoms. The Hall–Kier alpha value is -2.57. The Bertz CT molecular complexity index is 804. The Morgan fingerprint density at radius 1 is 1.33 bits per heavy atom. The zero-order valence-corrected chi connectivity index (χ0v) is 16.3. The monoisotopic (exact) mass is 373 g/mol. The lowest BCUT2D eigenvalue weighted by atomic mass is 9.64. The van der Waals surface area contributed by atoms with Crippen molar-refractivity contribution >= 4 is 23.5 Å². The molecule has 1 heterocycles. The van der Waals surface area contributed by atoms with E-state index >= 15 is 0 Å². The topological polar surface area (TPSA) is 98.7 Å². The summed E-state index contributed by atoms with van der Waals surface area (Å²) in [5.41, 5.74) is 0.118. The second-order valence-corrected chi connectivity index (χ2v) is 8.83. The molecule has 1 aromatic carbocycles. The van der Waals surface area contributed by atoms with Gasteiger partial charge in [-0.25, -0.2) is 4.79 Å². The van der Waals surface area contributed by atoms with Crippen molar-refractivity contribution < 1.29 is 19.5 Å². The predicted molar refractivity (Wildman–Crippen MR) is 101 cm³/mol. The second kappa shape index (κ2) is 6.55. The van der Waals surface area contributed by atoms with Gasteiger partial charge in [-0.3, -0.25) is 14.5 Å². The van der Waals surface area contributed by atoms with Crippen LogP contribution in [0.15, 0.2) is 18.2 Å². The van der Waals surface area contributed by atoms with Crippen LogP contribution in [0.4, 0.5) is 10.5 Å². The first-order valence-electron chi connectivity index (χ1n) is 9.25. The summed E-state index contributed by atoms with van der Waals surface area (Å²) in [7, 11) is 0. The minimum atomic E-state index is -0.926. The zero-order valence-electron chi connectivity index (χ0n) is 16.3. The third-order valence-electron chi connectivity index (χ3n) is 5.35. The molecule has 4 amide bonds. The van der Waals surface area contributed by atoms with Crippen molar-refractivity contribution in [1.82, 2.24) is 10.2 Å². The zero-order chi connectivity index (χ0) is 20.0. The molecule has 1 saturated carbocycles. The van der Waals surface area contributed by atoms with Crippen molar-refractivity contribution in [2.75, 3.05) is 11.9 Å². The Labute approximate surface area is 159 Å². The van der Waals surface area contributed by atoms with E-state index < -0.39 is 17.5 Å². The van der Waals surface area contributed by atoms with Crippen LogP contribution in [-0.4, -0.2) is 39.9 Å². The average molecular weight is 373 g/mol. The van der Waals surface area contributed by atoms with E-state index in [1.54, 1.807) is 12.1 Å². The number of urea groups is 1. The summed E-state index contributed by atoms with van der Waals surface area (Å²) >= 11 is 0. The molecule has 7 heteroatoms. The van der Waals surface area contributed by atoms with Crippen molar-refractivity contribution in [2.45, 2.75) is 52.5 Å². The van der Waals surface area contributed by atoms with Crippen molar-refractivity contribution in [3.05, 3.63) is 23.8 Å². The van der Waals surface area contributed by atoms with Gasteiger partial charge in [0, 0.05) is 0 Å². The number of anilines is 1. The number of phenolic OH excluding ortho intramolecular Hbond substituents is 1. The largest absolute Gasteiger partial charge is 0.506 e. The molecule has 0 unspecified atom stereocenters. The van der Waals surface area contributed by atoms with Crippen LogP contribution < -0.4 is 10.6 Å². The van der Waals surface area contributed by atoms with Gasteiger partial charge in [0.2, 0.25) is 5.91 Å². The molecule has 0 bridgehead atoms. The van der Waals surface area contributed by atoms with Crippen molar-refractivity contribution in [1.29, 1.82) is 0 Å². The quantitative estimate of drug-likeness (QED) is 0.560. The van der Waals surface area contributed by atoms with Crippen LogP contribution in [-0.2, 0) is 9.59 Å². The standard InChI is InChI=1S/C20H27N3O4/c1-12-5-6-14(15(24)7-12)21-16(25)10-23-17(26)20(22-18(23)27)9-13(2)8-19(3,4)11-20/h5-7,13,24H,8-11H2,1-4H3,(H,21,25)(H,22,27)/t13-,20+/m1/s1. The van der Waals surface area contributed by atoms with E-state index in [-0.39, 0.29) is 29.3 Å². The molecule has 7 nitrogen and oxygen atoms in total. The summed E-state index contributed by atoms with van der Waals surface area (Å²) in [6.07, 6.45) is 2.13. The highest BCUT2D eigenvalue weighted by Crippen LogP contribution is 2.46. The molecule has 2 aliphatic rings.